The van der Waals surface area contributed by atoms with E-state index in [4.69, 9.17) is 4.74 Å². The van der Waals surface area contributed by atoms with Crippen LogP contribution in [0.5, 0.6) is 0 Å². The molecule has 0 spiro atoms. The molecule has 1 aliphatic carbocycles. The van der Waals surface area contributed by atoms with E-state index in [1.165, 1.54) is 30.2 Å². The van der Waals surface area contributed by atoms with Crippen molar-refractivity contribution in [3.05, 3.63) is 46.3 Å². The summed E-state index contributed by atoms with van der Waals surface area (Å²) in [7, 11) is 0. The van der Waals surface area contributed by atoms with Gasteiger partial charge in [0.2, 0.25) is 5.91 Å². The van der Waals surface area contributed by atoms with Crippen molar-refractivity contribution in [2.45, 2.75) is 63.6 Å². The summed E-state index contributed by atoms with van der Waals surface area (Å²) in [6, 6.07) is 7.32. The molecule has 8 heteroatoms. The fourth-order valence-corrected chi connectivity index (χ4v) is 4.57. The molecule has 1 aromatic carbocycles. The van der Waals surface area contributed by atoms with Crippen molar-refractivity contribution >= 4 is 34.5 Å². The number of esters is 1. The Bertz CT molecular complexity index is 1030. The number of allylic oxidation sites excluding steroid dienone is 2. The number of ether oxygens (including phenoxy) is 1. The molecule has 1 N–H and O–H groups in total. The molecule has 0 radical (unpaired) electrons. The molecule has 0 saturated carbocycles. The minimum Gasteiger partial charge on any atom is -0.466 e. The standard InChI is InChI=1S/C24H31N3O4S/c1-2-31-22(29)13-8-15-25-21(28)17-32-24-26-20-12-7-6-11-19(20)23(30)27(24)16-14-18-9-4-3-5-10-18/h6-7,9,11-12H,2-5,8,10,13-17H2,1H3,(H,25,28). The lowest BCUT2D eigenvalue weighted by molar-refractivity contribution is -0.143. The maximum absolute atomic E-state index is 13.1. The number of thioether (sulfide) groups is 1. The fraction of sp³-hybridized carbons (Fsp3) is 0.500. The van der Waals surface area contributed by atoms with E-state index in [-0.39, 0.29) is 29.6 Å². The van der Waals surface area contributed by atoms with Crippen molar-refractivity contribution in [3.8, 4) is 0 Å². The van der Waals surface area contributed by atoms with Crippen LogP contribution in [-0.2, 0) is 20.9 Å². The number of rotatable bonds is 11. The maximum atomic E-state index is 13.1. The van der Waals surface area contributed by atoms with Crippen molar-refractivity contribution in [1.29, 1.82) is 0 Å². The van der Waals surface area contributed by atoms with Gasteiger partial charge in [-0.1, -0.05) is 35.5 Å². The average Bonchev–Trinajstić information content (AvgIpc) is 2.81. The van der Waals surface area contributed by atoms with E-state index in [0.29, 0.717) is 42.2 Å². The molecule has 0 fully saturated rings. The summed E-state index contributed by atoms with van der Waals surface area (Å²) < 4.78 is 6.58. The van der Waals surface area contributed by atoms with Crippen molar-refractivity contribution in [2.24, 2.45) is 0 Å². The molecule has 0 saturated heterocycles. The molecule has 1 aliphatic rings. The van der Waals surface area contributed by atoms with E-state index in [1.807, 2.05) is 18.2 Å². The molecule has 1 amide bonds. The van der Waals surface area contributed by atoms with Crippen LogP contribution in [0.25, 0.3) is 10.9 Å². The number of carbonyl (C=O) groups is 2. The van der Waals surface area contributed by atoms with Gasteiger partial charge in [0.15, 0.2) is 5.16 Å². The summed E-state index contributed by atoms with van der Waals surface area (Å²) in [5, 5.41) is 3.97. The van der Waals surface area contributed by atoms with Gasteiger partial charge >= 0.3 is 5.97 Å². The van der Waals surface area contributed by atoms with Gasteiger partial charge in [0, 0.05) is 19.5 Å². The number of nitrogens with one attached hydrogen (secondary N) is 1. The molecule has 0 unspecified atom stereocenters. The number of hydrogen-bond acceptors (Lipinski definition) is 6. The zero-order chi connectivity index (χ0) is 22.8. The van der Waals surface area contributed by atoms with Crippen LogP contribution in [-0.4, -0.2) is 40.3 Å². The van der Waals surface area contributed by atoms with Crippen LogP contribution in [0.4, 0.5) is 0 Å². The highest BCUT2D eigenvalue weighted by molar-refractivity contribution is 7.99. The highest BCUT2D eigenvalue weighted by atomic mass is 32.2. The Balaban J connectivity index is 1.63. The highest BCUT2D eigenvalue weighted by Crippen LogP contribution is 2.23. The minimum absolute atomic E-state index is 0.0654. The van der Waals surface area contributed by atoms with E-state index in [1.54, 1.807) is 17.6 Å². The van der Waals surface area contributed by atoms with Crippen LogP contribution in [0.2, 0.25) is 0 Å². The number of nitrogens with zero attached hydrogens (tertiary/aromatic N) is 2. The Kier molecular flexibility index (Phi) is 9.34. The smallest absolute Gasteiger partial charge is 0.305 e. The lowest BCUT2D eigenvalue weighted by Gasteiger charge is -2.16. The molecule has 0 bridgehead atoms. The second-order valence-corrected chi connectivity index (χ2v) is 8.72. The second kappa shape index (κ2) is 12.4. The van der Waals surface area contributed by atoms with Crippen LogP contribution >= 0.6 is 11.8 Å². The van der Waals surface area contributed by atoms with Crippen LogP contribution in [0.15, 0.2) is 45.9 Å². The normalized spacial score (nSPS) is 13.6. The van der Waals surface area contributed by atoms with Gasteiger partial charge in [-0.3, -0.25) is 19.0 Å². The van der Waals surface area contributed by atoms with Gasteiger partial charge in [0.05, 0.1) is 23.3 Å². The average molecular weight is 458 g/mol. The lowest BCUT2D eigenvalue weighted by atomic mass is 9.97. The van der Waals surface area contributed by atoms with Crippen molar-refractivity contribution < 1.29 is 14.3 Å². The van der Waals surface area contributed by atoms with E-state index >= 15 is 0 Å². The van der Waals surface area contributed by atoms with Gasteiger partial charge in [-0.2, -0.15) is 0 Å². The van der Waals surface area contributed by atoms with E-state index in [2.05, 4.69) is 16.4 Å². The van der Waals surface area contributed by atoms with Gasteiger partial charge in [0.1, 0.15) is 0 Å². The Morgan fingerprint density at radius 1 is 1.25 bits per heavy atom. The second-order valence-electron chi connectivity index (χ2n) is 7.77. The number of amides is 1. The molecule has 1 aromatic heterocycles. The number of para-hydroxylation sites is 1. The number of fused-ring (bicyclic) bond motifs is 1. The summed E-state index contributed by atoms with van der Waals surface area (Å²) in [6.07, 6.45) is 8.56. The third-order valence-electron chi connectivity index (χ3n) is 5.39. The van der Waals surface area contributed by atoms with Crippen molar-refractivity contribution in [1.82, 2.24) is 14.9 Å². The lowest BCUT2D eigenvalue weighted by Crippen LogP contribution is -2.28. The van der Waals surface area contributed by atoms with Crippen LogP contribution in [0.1, 0.15) is 51.9 Å². The third-order valence-corrected chi connectivity index (χ3v) is 6.36. The topological polar surface area (TPSA) is 90.3 Å². The Morgan fingerprint density at radius 3 is 2.88 bits per heavy atom. The zero-order valence-corrected chi connectivity index (χ0v) is 19.4. The molecule has 0 aliphatic heterocycles. The van der Waals surface area contributed by atoms with Gasteiger partial charge in [-0.15, -0.1) is 0 Å². The first kappa shape index (κ1) is 24.0. The quantitative estimate of drug-likeness (QED) is 0.181. The summed E-state index contributed by atoms with van der Waals surface area (Å²) in [6.45, 7) is 3.10. The molecule has 2 aromatic rings. The molecule has 32 heavy (non-hydrogen) atoms. The molecule has 7 nitrogen and oxygen atoms in total. The van der Waals surface area contributed by atoms with E-state index < -0.39 is 0 Å². The van der Waals surface area contributed by atoms with Crippen LogP contribution in [0, 0.1) is 0 Å². The van der Waals surface area contributed by atoms with Crippen LogP contribution in [0.3, 0.4) is 0 Å². The fourth-order valence-electron chi connectivity index (χ4n) is 3.72. The van der Waals surface area contributed by atoms with Crippen molar-refractivity contribution in [3.63, 3.8) is 0 Å². The molecular formula is C24H31N3O4S. The molecule has 3 rings (SSSR count). The molecule has 172 valence electrons. The molecule has 1 heterocycles. The third kappa shape index (κ3) is 6.95. The van der Waals surface area contributed by atoms with E-state index in [9.17, 15) is 14.4 Å². The maximum Gasteiger partial charge on any atom is 0.305 e. The summed E-state index contributed by atoms with van der Waals surface area (Å²) >= 11 is 1.27. The van der Waals surface area contributed by atoms with Crippen molar-refractivity contribution in [2.75, 3.05) is 18.9 Å². The summed E-state index contributed by atoms with van der Waals surface area (Å²) in [5.41, 5.74) is 1.97. The first-order valence-corrected chi connectivity index (χ1v) is 12.3. The number of carbonyl (C=O) groups excluding carboxylic acids is 2. The van der Waals surface area contributed by atoms with E-state index in [0.717, 1.165) is 19.3 Å². The number of hydrogen-bond donors (Lipinski definition) is 1. The monoisotopic (exact) mass is 457 g/mol. The Hall–Kier alpha value is -2.61. The number of aromatic nitrogens is 2. The predicted molar refractivity (Wildman–Crippen MR) is 127 cm³/mol. The molecule has 0 atom stereocenters. The summed E-state index contributed by atoms with van der Waals surface area (Å²) in [4.78, 5) is 41.5. The predicted octanol–water partition coefficient (Wildman–Crippen LogP) is 3.84. The highest BCUT2D eigenvalue weighted by Gasteiger charge is 2.14. The zero-order valence-electron chi connectivity index (χ0n) is 18.6. The largest absolute Gasteiger partial charge is 0.466 e. The Labute approximate surface area is 192 Å². The minimum atomic E-state index is -0.256. The van der Waals surface area contributed by atoms with Crippen LogP contribution < -0.4 is 10.9 Å². The van der Waals surface area contributed by atoms with Gasteiger partial charge in [-0.05, 0) is 57.6 Å². The van der Waals surface area contributed by atoms with Gasteiger partial charge in [-0.25, -0.2) is 4.98 Å². The SMILES string of the molecule is CCOC(=O)CCCNC(=O)CSc1nc2ccccc2c(=O)n1CCC1=CCCCC1. The molecular weight excluding hydrogens is 426 g/mol. The van der Waals surface area contributed by atoms with Gasteiger partial charge in [0.25, 0.3) is 5.56 Å². The van der Waals surface area contributed by atoms with Gasteiger partial charge < -0.3 is 10.1 Å². The first-order chi connectivity index (χ1) is 15.6. The summed E-state index contributed by atoms with van der Waals surface area (Å²) in [5.74, 6) is -0.247. The first-order valence-electron chi connectivity index (χ1n) is 11.3. The Morgan fingerprint density at radius 2 is 2.09 bits per heavy atom. The number of benzene rings is 1.